The summed E-state index contributed by atoms with van der Waals surface area (Å²) in [6.07, 6.45) is 1.30. The molecule has 0 bridgehead atoms. The SMILES string of the molecule is Cc1cc(C#N)ccc1S(=O)(=O)N1CCCC(C(=O)NCCN)C1.Cl. The van der Waals surface area contributed by atoms with E-state index in [1.165, 1.54) is 16.4 Å². The monoisotopic (exact) mass is 386 g/mol. The van der Waals surface area contributed by atoms with Gasteiger partial charge >= 0.3 is 0 Å². The number of nitrogens with one attached hydrogen (secondary N) is 1. The lowest BCUT2D eigenvalue weighted by molar-refractivity contribution is -0.126. The van der Waals surface area contributed by atoms with Gasteiger partial charge in [-0.15, -0.1) is 12.4 Å². The van der Waals surface area contributed by atoms with Crippen LogP contribution in [0.5, 0.6) is 0 Å². The molecular formula is C16H23ClN4O3S. The summed E-state index contributed by atoms with van der Waals surface area (Å²) in [7, 11) is -3.69. The Kier molecular flexibility index (Phi) is 7.83. The lowest BCUT2D eigenvalue weighted by Gasteiger charge is -2.31. The fourth-order valence-corrected chi connectivity index (χ4v) is 4.59. The minimum atomic E-state index is -3.69. The van der Waals surface area contributed by atoms with Crippen LogP contribution in [-0.4, -0.2) is 44.8 Å². The van der Waals surface area contributed by atoms with Crippen molar-refractivity contribution >= 4 is 28.3 Å². The summed E-state index contributed by atoms with van der Waals surface area (Å²) in [6, 6.07) is 6.51. The first-order valence-corrected chi connectivity index (χ1v) is 9.33. The van der Waals surface area contributed by atoms with E-state index in [0.29, 0.717) is 43.6 Å². The first-order valence-electron chi connectivity index (χ1n) is 7.89. The van der Waals surface area contributed by atoms with Crippen molar-refractivity contribution < 1.29 is 13.2 Å². The molecule has 138 valence electrons. The fourth-order valence-electron chi connectivity index (χ4n) is 2.86. The molecule has 1 aliphatic heterocycles. The second kappa shape index (κ2) is 9.15. The molecule has 25 heavy (non-hydrogen) atoms. The number of benzene rings is 1. The molecule has 7 nitrogen and oxygen atoms in total. The van der Waals surface area contributed by atoms with Gasteiger partial charge in [0.05, 0.1) is 22.4 Å². The zero-order chi connectivity index (χ0) is 17.7. The van der Waals surface area contributed by atoms with Gasteiger partial charge in [-0.05, 0) is 43.5 Å². The molecule has 1 atom stereocenters. The number of sulfonamides is 1. The number of carbonyl (C=O) groups is 1. The number of rotatable bonds is 5. The third kappa shape index (κ3) is 4.92. The number of halogens is 1. The van der Waals surface area contributed by atoms with Crippen LogP contribution in [0.2, 0.25) is 0 Å². The van der Waals surface area contributed by atoms with Crippen molar-refractivity contribution in [2.75, 3.05) is 26.2 Å². The molecule has 1 aromatic carbocycles. The maximum Gasteiger partial charge on any atom is 0.243 e. The Bertz CT molecular complexity index is 761. The highest BCUT2D eigenvalue weighted by molar-refractivity contribution is 7.89. The summed E-state index contributed by atoms with van der Waals surface area (Å²) in [5.41, 5.74) is 6.33. The average molecular weight is 387 g/mol. The lowest BCUT2D eigenvalue weighted by Crippen LogP contribution is -2.46. The maximum absolute atomic E-state index is 12.9. The minimum Gasteiger partial charge on any atom is -0.355 e. The summed E-state index contributed by atoms with van der Waals surface area (Å²) in [5, 5.41) is 11.6. The predicted molar refractivity (Wildman–Crippen MR) is 96.7 cm³/mol. The van der Waals surface area contributed by atoms with Crippen LogP contribution in [0, 0.1) is 24.2 Å². The van der Waals surface area contributed by atoms with Crippen molar-refractivity contribution in [1.82, 2.24) is 9.62 Å². The van der Waals surface area contributed by atoms with Gasteiger partial charge < -0.3 is 11.1 Å². The first kappa shape index (κ1) is 21.4. The second-order valence-electron chi connectivity index (χ2n) is 5.87. The molecule has 1 amide bonds. The van der Waals surface area contributed by atoms with Crippen molar-refractivity contribution in [2.45, 2.75) is 24.7 Å². The van der Waals surface area contributed by atoms with Gasteiger partial charge in [-0.25, -0.2) is 8.42 Å². The number of hydrogen-bond acceptors (Lipinski definition) is 5. The van der Waals surface area contributed by atoms with E-state index >= 15 is 0 Å². The normalized spacial score (nSPS) is 18.0. The van der Waals surface area contributed by atoms with Gasteiger partial charge in [-0.1, -0.05) is 0 Å². The van der Waals surface area contributed by atoms with Crippen molar-refractivity contribution in [2.24, 2.45) is 11.7 Å². The van der Waals surface area contributed by atoms with E-state index in [-0.39, 0.29) is 35.7 Å². The highest BCUT2D eigenvalue weighted by Crippen LogP contribution is 2.26. The quantitative estimate of drug-likeness (QED) is 0.775. The summed E-state index contributed by atoms with van der Waals surface area (Å²) < 4.78 is 27.1. The van der Waals surface area contributed by atoms with E-state index < -0.39 is 10.0 Å². The summed E-state index contributed by atoms with van der Waals surface area (Å²) >= 11 is 0. The van der Waals surface area contributed by atoms with Crippen molar-refractivity contribution in [3.8, 4) is 6.07 Å². The Hall–Kier alpha value is -1.66. The number of nitrogens with zero attached hydrogens (tertiary/aromatic N) is 2. The number of carbonyl (C=O) groups excluding carboxylic acids is 1. The van der Waals surface area contributed by atoms with Gasteiger partial charge in [0.1, 0.15) is 0 Å². The average Bonchev–Trinajstić information content (AvgIpc) is 2.59. The number of aryl methyl sites for hydroxylation is 1. The van der Waals surface area contributed by atoms with E-state index in [1.54, 1.807) is 13.0 Å². The first-order chi connectivity index (χ1) is 11.4. The van der Waals surface area contributed by atoms with E-state index in [1.807, 2.05) is 6.07 Å². The Morgan fingerprint density at radius 2 is 2.20 bits per heavy atom. The topological polar surface area (TPSA) is 116 Å². The Balaban J connectivity index is 0.00000312. The van der Waals surface area contributed by atoms with Gasteiger partial charge in [0.2, 0.25) is 15.9 Å². The number of nitrogens with two attached hydrogens (primary N) is 1. The molecule has 0 aromatic heterocycles. The van der Waals surface area contributed by atoms with Gasteiger partial charge in [0.25, 0.3) is 0 Å². The van der Waals surface area contributed by atoms with Crippen LogP contribution in [0.25, 0.3) is 0 Å². The molecule has 1 fully saturated rings. The zero-order valence-corrected chi connectivity index (χ0v) is 15.7. The van der Waals surface area contributed by atoms with Crippen molar-refractivity contribution in [3.63, 3.8) is 0 Å². The molecule has 1 unspecified atom stereocenters. The van der Waals surface area contributed by atoms with Crippen LogP contribution in [-0.2, 0) is 14.8 Å². The van der Waals surface area contributed by atoms with Gasteiger partial charge in [-0.3, -0.25) is 4.79 Å². The molecule has 0 spiro atoms. The van der Waals surface area contributed by atoms with Crippen molar-refractivity contribution in [3.05, 3.63) is 29.3 Å². The summed E-state index contributed by atoms with van der Waals surface area (Å²) in [6.45, 7) is 2.96. The molecule has 1 heterocycles. The predicted octanol–water partition coefficient (Wildman–Crippen LogP) is 0.764. The minimum absolute atomic E-state index is 0. The van der Waals surface area contributed by atoms with Crippen LogP contribution in [0.3, 0.4) is 0 Å². The highest BCUT2D eigenvalue weighted by Gasteiger charge is 2.33. The summed E-state index contributed by atoms with van der Waals surface area (Å²) in [4.78, 5) is 12.3. The summed E-state index contributed by atoms with van der Waals surface area (Å²) in [5.74, 6) is -0.518. The Morgan fingerprint density at radius 1 is 1.48 bits per heavy atom. The van der Waals surface area contributed by atoms with E-state index in [4.69, 9.17) is 11.0 Å². The molecule has 0 aliphatic carbocycles. The number of nitriles is 1. The molecule has 0 radical (unpaired) electrons. The van der Waals surface area contributed by atoms with E-state index in [9.17, 15) is 13.2 Å². The largest absolute Gasteiger partial charge is 0.355 e. The van der Waals surface area contributed by atoms with Crippen LogP contribution in [0.15, 0.2) is 23.1 Å². The van der Waals surface area contributed by atoms with Gasteiger partial charge in [0.15, 0.2) is 0 Å². The second-order valence-corrected chi connectivity index (χ2v) is 7.78. The number of piperidine rings is 1. The van der Waals surface area contributed by atoms with Gasteiger partial charge in [0, 0.05) is 26.2 Å². The maximum atomic E-state index is 12.9. The third-order valence-electron chi connectivity index (χ3n) is 4.12. The molecule has 1 saturated heterocycles. The van der Waals surface area contributed by atoms with Crippen molar-refractivity contribution in [1.29, 1.82) is 5.26 Å². The van der Waals surface area contributed by atoms with Gasteiger partial charge in [-0.2, -0.15) is 9.57 Å². The smallest absolute Gasteiger partial charge is 0.243 e. The van der Waals surface area contributed by atoms with Crippen LogP contribution < -0.4 is 11.1 Å². The fraction of sp³-hybridized carbons (Fsp3) is 0.500. The molecular weight excluding hydrogens is 364 g/mol. The molecule has 2 rings (SSSR count). The molecule has 0 saturated carbocycles. The highest BCUT2D eigenvalue weighted by atomic mass is 35.5. The van der Waals surface area contributed by atoms with Crippen LogP contribution in [0.4, 0.5) is 0 Å². The number of amides is 1. The van der Waals surface area contributed by atoms with Crippen LogP contribution >= 0.6 is 12.4 Å². The molecule has 3 N–H and O–H groups in total. The zero-order valence-electron chi connectivity index (χ0n) is 14.1. The third-order valence-corrected chi connectivity index (χ3v) is 6.15. The molecule has 1 aliphatic rings. The Morgan fingerprint density at radius 3 is 2.80 bits per heavy atom. The van der Waals surface area contributed by atoms with E-state index in [0.717, 1.165) is 0 Å². The molecule has 9 heteroatoms. The number of hydrogen-bond donors (Lipinski definition) is 2. The molecule has 1 aromatic rings. The lowest BCUT2D eigenvalue weighted by atomic mass is 9.99. The standard InChI is InChI=1S/C16H22N4O3S.ClH/c1-12-9-13(10-18)4-5-15(12)24(22,23)20-8-2-3-14(11-20)16(21)19-7-6-17;/h4-5,9,14H,2-3,6-8,11,17H2,1H3,(H,19,21);1H. The van der Waals surface area contributed by atoms with Crippen LogP contribution in [0.1, 0.15) is 24.0 Å². The van der Waals surface area contributed by atoms with E-state index in [2.05, 4.69) is 5.32 Å². The Labute approximate surface area is 154 Å².